The van der Waals surface area contributed by atoms with Crippen molar-refractivity contribution >= 4 is 42.9 Å². The number of ether oxygens (including phenoxy) is 1. The van der Waals surface area contributed by atoms with Crippen molar-refractivity contribution in [3.05, 3.63) is 59.5 Å². The summed E-state index contributed by atoms with van der Waals surface area (Å²) in [5.74, 6) is 2.26. The fourth-order valence-electron chi connectivity index (χ4n) is 5.86. The van der Waals surface area contributed by atoms with E-state index in [0.717, 1.165) is 27.2 Å². The maximum atomic E-state index is 10.5. The highest BCUT2D eigenvalue weighted by Gasteiger charge is 2.49. The summed E-state index contributed by atoms with van der Waals surface area (Å²) in [6, 6.07) is 14.7. The molecule has 4 fully saturated rings. The second kappa shape index (κ2) is 9.50. The number of fused-ring (bicyclic) bond motifs is 1. The third kappa shape index (κ3) is 4.92. The van der Waals surface area contributed by atoms with Crippen LogP contribution in [0.2, 0.25) is 0 Å². The van der Waals surface area contributed by atoms with Crippen molar-refractivity contribution in [2.45, 2.75) is 30.8 Å². The summed E-state index contributed by atoms with van der Waals surface area (Å²) in [6.45, 7) is 5.57. The highest BCUT2D eigenvalue weighted by atomic mass is 32.2. The molecular formula is C26H27N3O4S3. The molecule has 7 nitrogen and oxygen atoms in total. The average molecular weight is 542 g/mol. The Bertz CT molecular complexity index is 1450. The third-order valence-corrected chi connectivity index (χ3v) is 9.99. The van der Waals surface area contributed by atoms with Crippen molar-refractivity contribution < 1.29 is 17.7 Å². The molecule has 5 heterocycles. The van der Waals surface area contributed by atoms with Crippen LogP contribution in [-0.4, -0.2) is 53.8 Å². The maximum absolute atomic E-state index is 10.5. The van der Waals surface area contributed by atoms with Crippen LogP contribution in [0.1, 0.15) is 18.4 Å². The van der Waals surface area contributed by atoms with Crippen LogP contribution >= 0.6 is 22.7 Å². The Morgan fingerprint density at radius 3 is 2.44 bits per heavy atom. The van der Waals surface area contributed by atoms with Crippen LogP contribution in [-0.2, 0) is 10.1 Å². The smallest absolute Gasteiger partial charge is 0.294 e. The minimum absolute atomic E-state index is 0.0666. The van der Waals surface area contributed by atoms with Crippen LogP contribution in [0.5, 0.6) is 5.19 Å². The first-order valence-electron chi connectivity index (χ1n) is 12.1. The Morgan fingerprint density at radius 2 is 1.75 bits per heavy atom. The van der Waals surface area contributed by atoms with Gasteiger partial charge in [0, 0.05) is 41.7 Å². The zero-order chi connectivity index (χ0) is 24.9. The summed E-state index contributed by atoms with van der Waals surface area (Å²) in [5, 5.41) is 13.8. The Hall–Kier alpha value is -2.37. The molecule has 0 spiro atoms. The molecule has 2 aromatic carbocycles. The lowest BCUT2D eigenvalue weighted by Crippen LogP contribution is -2.61. The van der Waals surface area contributed by atoms with Gasteiger partial charge in [0.25, 0.3) is 15.3 Å². The second-order valence-corrected chi connectivity index (χ2v) is 13.3. The lowest BCUT2D eigenvalue weighted by molar-refractivity contribution is -0.0986. The number of hydrogen-bond donors (Lipinski definition) is 1. The molecular weight excluding hydrogens is 515 g/mol. The number of aromatic nitrogens is 2. The Labute approximate surface area is 218 Å². The van der Waals surface area contributed by atoms with E-state index < -0.39 is 10.1 Å². The first-order chi connectivity index (χ1) is 17.3. The van der Waals surface area contributed by atoms with Crippen LogP contribution in [0.25, 0.3) is 20.7 Å². The number of aryl methyl sites for hydroxylation is 1. The molecule has 8 rings (SSSR count). The van der Waals surface area contributed by atoms with Gasteiger partial charge in [0.15, 0.2) is 5.01 Å². The van der Waals surface area contributed by atoms with Crippen molar-refractivity contribution in [1.82, 2.24) is 15.1 Å². The molecule has 2 aromatic heterocycles. The third-order valence-electron chi connectivity index (χ3n) is 7.36. The Morgan fingerprint density at radius 1 is 1.00 bits per heavy atom. The van der Waals surface area contributed by atoms with Crippen molar-refractivity contribution in [2.75, 3.05) is 19.6 Å². The van der Waals surface area contributed by atoms with E-state index in [2.05, 4.69) is 44.7 Å². The predicted molar refractivity (Wildman–Crippen MR) is 142 cm³/mol. The predicted octanol–water partition coefficient (Wildman–Crippen LogP) is 5.38. The van der Waals surface area contributed by atoms with Gasteiger partial charge < -0.3 is 9.64 Å². The number of thiophene rings is 1. The van der Waals surface area contributed by atoms with Crippen molar-refractivity contribution in [2.24, 2.45) is 17.8 Å². The molecule has 3 saturated heterocycles. The fraction of sp³-hybridized carbons (Fsp3) is 0.385. The lowest BCUT2D eigenvalue weighted by Gasteiger charge is -2.54. The molecule has 188 valence electrons. The first kappa shape index (κ1) is 24.0. The van der Waals surface area contributed by atoms with Gasteiger partial charge in [0.1, 0.15) is 6.10 Å². The molecule has 2 atom stereocenters. The zero-order valence-electron chi connectivity index (χ0n) is 19.8. The monoisotopic (exact) mass is 541 g/mol. The molecule has 4 bridgehead atoms. The molecule has 1 aliphatic carbocycles. The highest BCUT2D eigenvalue weighted by Crippen LogP contribution is 2.45. The number of benzene rings is 2. The quantitative estimate of drug-likeness (QED) is 0.347. The molecule has 1 saturated carbocycles. The summed E-state index contributed by atoms with van der Waals surface area (Å²) in [7, 11) is -4.02. The molecule has 1 N–H and O–H groups in total. The zero-order valence-corrected chi connectivity index (χ0v) is 22.2. The molecule has 3 aliphatic heterocycles. The number of piperidine rings is 3. The van der Waals surface area contributed by atoms with Crippen LogP contribution in [0, 0.1) is 24.7 Å². The molecule has 2 unspecified atom stereocenters. The van der Waals surface area contributed by atoms with E-state index in [0.29, 0.717) is 17.9 Å². The standard InChI is InChI=1S/C19H19N3OS2.C7H8O3S/c1-2-16-12(3-4-24-16)7-13(1)18-20-21-19(25-18)23-17-14-5-11-6-15(17)10-22(8-11)9-14;1-6-2-4-7(5-3-6)11(8,9)10/h1-4,7,11,14-15,17H,5-6,8-10H2;2-5H,1H3,(H,8,9,10). The van der Waals surface area contributed by atoms with E-state index >= 15 is 0 Å². The second-order valence-electron chi connectivity index (χ2n) is 9.99. The number of rotatable bonds is 4. The van der Waals surface area contributed by atoms with Crippen LogP contribution in [0.4, 0.5) is 0 Å². The van der Waals surface area contributed by atoms with Gasteiger partial charge in [-0.1, -0.05) is 40.2 Å². The van der Waals surface area contributed by atoms with E-state index in [1.807, 2.05) is 6.92 Å². The molecule has 10 heteroatoms. The van der Waals surface area contributed by atoms with E-state index in [-0.39, 0.29) is 4.90 Å². The van der Waals surface area contributed by atoms with Gasteiger partial charge in [-0.2, -0.15) is 8.42 Å². The molecule has 0 amide bonds. The fourth-order valence-corrected chi connectivity index (χ4v) is 7.84. The largest absolute Gasteiger partial charge is 0.465 e. The minimum atomic E-state index is -4.02. The minimum Gasteiger partial charge on any atom is -0.465 e. The van der Waals surface area contributed by atoms with Crippen LogP contribution in [0.3, 0.4) is 0 Å². The SMILES string of the molecule is Cc1ccc(S(=O)(=O)O)cc1.c1cc2cc(-c3nnc(OC4C5CC6CC4CN(C6)C5)s3)ccc2s1. The van der Waals surface area contributed by atoms with Crippen LogP contribution in [0.15, 0.2) is 58.8 Å². The van der Waals surface area contributed by atoms with Crippen molar-refractivity contribution in [1.29, 1.82) is 0 Å². The van der Waals surface area contributed by atoms with Crippen molar-refractivity contribution in [3.63, 3.8) is 0 Å². The topological polar surface area (TPSA) is 92.6 Å². The summed E-state index contributed by atoms with van der Waals surface area (Å²) < 4.78 is 37.3. The molecule has 4 aromatic rings. The van der Waals surface area contributed by atoms with Gasteiger partial charge in [-0.3, -0.25) is 4.55 Å². The van der Waals surface area contributed by atoms with Gasteiger partial charge >= 0.3 is 0 Å². The van der Waals surface area contributed by atoms with Gasteiger partial charge in [0.2, 0.25) is 0 Å². The van der Waals surface area contributed by atoms with E-state index in [1.165, 1.54) is 54.7 Å². The molecule has 4 aliphatic rings. The summed E-state index contributed by atoms with van der Waals surface area (Å²) in [4.78, 5) is 2.57. The summed E-state index contributed by atoms with van der Waals surface area (Å²) >= 11 is 3.36. The lowest BCUT2D eigenvalue weighted by atomic mass is 9.66. The number of nitrogens with zero attached hydrogens (tertiary/aromatic N) is 3. The Kier molecular flexibility index (Phi) is 6.33. The summed E-state index contributed by atoms with van der Waals surface area (Å²) in [6.07, 6.45) is 3.00. The Balaban J connectivity index is 0.000000186. The molecule has 0 radical (unpaired) electrons. The van der Waals surface area contributed by atoms with Crippen LogP contribution < -0.4 is 4.74 Å². The van der Waals surface area contributed by atoms with Gasteiger partial charge in [-0.05, 0) is 66.8 Å². The highest BCUT2D eigenvalue weighted by molar-refractivity contribution is 7.85. The van der Waals surface area contributed by atoms with Gasteiger partial charge in [-0.15, -0.1) is 16.4 Å². The van der Waals surface area contributed by atoms with Gasteiger partial charge in [-0.25, -0.2) is 0 Å². The van der Waals surface area contributed by atoms with E-state index in [9.17, 15) is 8.42 Å². The van der Waals surface area contributed by atoms with Gasteiger partial charge in [0.05, 0.1) is 4.90 Å². The molecule has 36 heavy (non-hydrogen) atoms. The first-order valence-corrected chi connectivity index (χ1v) is 15.2. The normalized spacial score (nSPS) is 26.6. The van der Waals surface area contributed by atoms with Crippen molar-refractivity contribution in [3.8, 4) is 15.8 Å². The average Bonchev–Trinajstić information content (AvgIpc) is 3.50. The van der Waals surface area contributed by atoms with E-state index in [4.69, 9.17) is 9.29 Å². The maximum Gasteiger partial charge on any atom is 0.294 e. The summed E-state index contributed by atoms with van der Waals surface area (Å²) in [5.41, 5.74) is 2.09. The van der Waals surface area contributed by atoms with E-state index in [1.54, 1.807) is 34.8 Å². The number of hydrogen-bond acceptors (Lipinski definition) is 8.